The monoisotopic (exact) mass is 127 g/mol. The lowest BCUT2D eigenvalue weighted by molar-refractivity contribution is -0.116. The molecule has 0 rings (SSSR count). The molecule has 3 nitrogen and oxygen atoms in total. The average Bonchev–Trinajstić information content (AvgIpc) is 1.63. The van der Waals surface area contributed by atoms with E-state index >= 15 is 0 Å². The average molecular weight is 127 g/mol. The Balaban J connectivity index is 4.17. The highest BCUT2D eigenvalue weighted by Crippen LogP contribution is 1.88. The van der Waals surface area contributed by atoms with E-state index in [0.29, 0.717) is 5.57 Å². The SMILES string of the molecule is CC(=O)/C=C(\C)C(N)=O. The van der Waals surface area contributed by atoms with Gasteiger partial charge < -0.3 is 5.73 Å². The second-order valence-corrected chi connectivity index (χ2v) is 1.80. The minimum atomic E-state index is -0.551. The Labute approximate surface area is 53.5 Å². The Kier molecular flexibility index (Phi) is 2.64. The van der Waals surface area contributed by atoms with Crippen LogP contribution < -0.4 is 5.73 Å². The van der Waals surface area contributed by atoms with Gasteiger partial charge in [-0.15, -0.1) is 0 Å². The van der Waals surface area contributed by atoms with Crippen molar-refractivity contribution in [1.29, 1.82) is 0 Å². The molecule has 0 fully saturated rings. The molecule has 9 heavy (non-hydrogen) atoms. The summed E-state index contributed by atoms with van der Waals surface area (Å²) in [7, 11) is 0. The molecule has 0 radical (unpaired) electrons. The van der Waals surface area contributed by atoms with Gasteiger partial charge in [0, 0.05) is 5.57 Å². The highest BCUT2D eigenvalue weighted by molar-refractivity contribution is 5.99. The number of rotatable bonds is 2. The minimum Gasteiger partial charge on any atom is -0.366 e. The van der Waals surface area contributed by atoms with Crippen molar-refractivity contribution >= 4 is 11.7 Å². The first-order valence-corrected chi connectivity index (χ1v) is 2.52. The molecular formula is C6H9NO2. The van der Waals surface area contributed by atoms with Gasteiger partial charge in [0.15, 0.2) is 5.78 Å². The topological polar surface area (TPSA) is 60.2 Å². The lowest BCUT2D eigenvalue weighted by atomic mass is 10.2. The zero-order chi connectivity index (χ0) is 7.44. The Morgan fingerprint density at radius 3 is 1.89 bits per heavy atom. The summed E-state index contributed by atoms with van der Waals surface area (Å²) in [5.41, 5.74) is 5.12. The second kappa shape index (κ2) is 3.02. The number of carbonyl (C=O) groups excluding carboxylic acids is 2. The van der Waals surface area contributed by atoms with E-state index in [0.717, 1.165) is 0 Å². The van der Waals surface area contributed by atoms with E-state index < -0.39 is 5.91 Å². The van der Waals surface area contributed by atoms with Gasteiger partial charge >= 0.3 is 0 Å². The van der Waals surface area contributed by atoms with Gasteiger partial charge in [0.2, 0.25) is 5.91 Å². The molecule has 3 heteroatoms. The van der Waals surface area contributed by atoms with Gasteiger partial charge in [-0.25, -0.2) is 0 Å². The van der Waals surface area contributed by atoms with Crippen molar-refractivity contribution in [2.75, 3.05) is 0 Å². The van der Waals surface area contributed by atoms with Crippen molar-refractivity contribution in [2.24, 2.45) is 5.73 Å². The molecule has 0 aliphatic carbocycles. The smallest absolute Gasteiger partial charge is 0.244 e. The molecule has 2 N–H and O–H groups in total. The maximum Gasteiger partial charge on any atom is 0.244 e. The van der Waals surface area contributed by atoms with Crippen LogP contribution in [0.2, 0.25) is 0 Å². The zero-order valence-electron chi connectivity index (χ0n) is 5.47. The first-order chi connectivity index (χ1) is 4.04. The third-order valence-corrected chi connectivity index (χ3v) is 0.808. The lowest BCUT2D eigenvalue weighted by Gasteiger charge is -1.88. The first kappa shape index (κ1) is 7.88. The van der Waals surface area contributed by atoms with E-state index in [1.807, 2.05) is 0 Å². The van der Waals surface area contributed by atoms with Crippen LogP contribution in [-0.4, -0.2) is 11.7 Å². The second-order valence-electron chi connectivity index (χ2n) is 1.80. The van der Waals surface area contributed by atoms with E-state index in [4.69, 9.17) is 5.73 Å². The summed E-state index contributed by atoms with van der Waals surface area (Å²) in [4.78, 5) is 20.5. The number of hydrogen-bond acceptors (Lipinski definition) is 2. The van der Waals surface area contributed by atoms with Crippen LogP contribution in [0, 0.1) is 0 Å². The molecule has 0 aromatic carbocycles. The molecule has 0 atom stereocenters. The van der Waals surface area contributed by atoms with Crippen LogP contribution in [0.5, 0.6) is 0 Å². The quantitative estimate of drug-likeness (QED) is 0.531. The normalized spacial score (nSPS) is 11.1. The highest BCUT2D eigenvalue weighted by Gasteiger charge is 1.96. The molecule has 0 unspecified atom stereocenters. The molecule has 0 aliphatic rings. The van der Waals surface area contributed by atoms with E-state index in [2.05, 4.69) is 0 Å². The van der Waals surface area contributed by atoms with E-state index in [-0.39, 0.29) is 5.78 Å². The van der Waals surface area contributed by atoms with Crippen molar-refractivity contribution in [3.63, 3.8) is 0 Å². The maximum absolute atomic E-state index is 10.3. The fourth-order valence-electron chi connectivity index (χ4n) is 0.376. The standard InChI is InChI=1S/C6H9NO2/c1-4(6(7)9)3-5(2)8/h3H,1-2H3,(H2,7,9)/b4-3+. The van der Waals surface area contributed by atoms with Crippen molar-refractivity contribution in [2.45, 2.75) is 13.8 Å². The van der Waals surface area contributed by atoms with Crippen molar-refractivity contribution in [3.8, 4) is 0 Å². The molecule has 0 aromatic rings. The van der Waals surface area contributed by atoms with Gasteiger partial charge in [-0.2, -0.15) is 0 Å². The predicted octanol–water partition coefficient (Wildman–Crippen LogP) is 0.00700. The Hall–Kier alpha value is -1.12. The largest absolute Gasteiger partial charge is 0.366 e. The van der Waals surface area contributed by atoms with Gasteiger partial charge in [-0.3, -0.25) is 9.59 Å². The minimum absolute atomic E-state index is 0.161. The van der Waals surface area contributed by atoms with Gasteiger partial charge in [-0.05, 0) is 19.9 Å². The van der Waals surface area contributed by atoms with Crippen LogP contribution in [0.15, 0.2) is 11.6 Å². The van der Waals surface area contributed by atoms with Gasteiger partial charge in [0.05, 0.1) is 0 Å². The van der Waals surface area contributed by atoms with Gasteiger partial charge in [0.1, 0.15) is 0 Å². The summed E-state index contributed by atoms with van der Waals surface area (Å²) in [6, 6.07) is 0. The van der Waals surface area contributed by atoms with Crippen LogP contribution in [0.25, 0.3) is 0 Å². The van der Waals surface area contributed by atoms with Crippen LogP contribution >= 0.6 is 0 Å². The van der Waals surface area contributed by atoms with Crippen LogP contribution in [0.3, 0.4) is 0 Å². The maximum atomic E-state index is 10.3. The molecule has 0 aliphatic heterocycles. The third-order valence-electron chi connectivity index (χ3n) is 0.808. The first-order valence-electron chi connectivity index (χ1n) is 2.52. The fraction of sp³-hybridized carbons (Fsp3) is 0.333. The zero-order valence-corrected chi connectivity index (χ0v) is 5.47. The third kappa shape index (κ3) is 3.46. The molecule has 0 aromatic heterocycles. The molecule has 50 valence electrons. The summed E-state index contributed by atoms with van der Waals surface area (Å²) in [6.07, 6.45) is 1.21. The molecule has 0 saturated heterocycles. The fourth-order valence-corrected chi connectivity index (χ4v) is 0.376. The number of hydrogen-bond donors (Lipinski definition) is 1. The number of allylic oxidation sites excluding steroid dienone is 1. The summed E-state index contributed by atoms with van der Waals surface area (Å²) in [5.74, 6) is -0.712. The van der Waals surface area contributed by atoms with Gasteiger partial charge in [0.25, 0.3) is 0 Å². The van der Waals surface area contributed by atoms with E-state index in [1.165, 1.54) is 19.9 Å². The number of ketones is 1. The number of amides is 1. The van der Waals surface area contributed by atoms with E-state index in [9.17, 15) is 9.59 Å². The molecule has 1 amide bonds. The Bertz CT molecular complexity index is 170. The molecule has 0 bridgehead atoms. The van der Waals surface area contributed by atoms with Gasteiger partial charge in [-0.1, -0.05) is 0 Å². The molecule has 0 spiro atoms. The van der Waals surface area contributed by atoms with Crippen LogP contribution in [0.4, 0.5) is 0 Å². The number of nitrogens with two attached hydrogens (primary N) is 1. The molecular weight excluding hydrogens is 118 g/mol. The summed E-state index contributed by atoms with van der Waals surface area (Å²) in [5, 5.41) is 0. The summed E-state index contributed by atoms with van der Waals surface area (Å²) in [6.45, 7) is 2.87. The molecule has 0 saturated carbocycles. The lowest BCUT2D eigenvalue weighted by Crippen LogP contribution is -2.12. The van der Waals surface area contributed by atoms with Crippen LogP contribution in [0.1, 0.15) is 13.8 Å². The molecule has 0 heterocycles. The number of carbonyl (C=O) groups is 2. The van der Waals surface area contributed by atoms with E-state index in [1.54, 1.807) is 0 Å². The predicted molar refractivity (Wildman–Crippen MR) is 33.6 cm³/mol. The number of primary amides is 1. The van der Waals surface area contributed by atoms with Crippen LogP contribution in [-0.2, 0) is 9.59 Å². The summed E-state index contributed by atoms with van der Waals surface area (Å²) >= 11 is 0. The van der Waals surface area contributed by atoms with Crippen molar-refractivity contribution in [3.05, 3.63) is 11.6 Å². The van der Waals surface area contributed by atoms with Crippen molar-refractivity contribution in [1.82, 2.24) is 0 Å². The Morgan fingerprint density at radius 2 is 1.78 bits per heavy atom. The highest BCUT2D eigenvalue weighted by atomic mass is 16.1. The van der Waals surface area contributed by atoms with Crippen molar-refractivity contribution < 1.29 is 9.59 Å². The summed E-state index contributed by atoms with van der Waals surface area (Å²) < 4.78 is 0. The Morgan fingerprint density at radius 1 is 1.33 bits per heavy atom.